The lowest BCUT2D eigenvalue weighted by Gasteiger charge is -2.21. The molecule has 2 amide bonds. The molecular formula is C25H26FN3O2. The Kier molecular flexibility index (Phi) is 5.39. The summed E-state index contributed by atoms with van der Waals surface area (Å²) in [6.45, 7) is 7.14. The maximum atomic E-state index is 13.7. The minimum Gasteiger partial charge on any atom is -0.340 e. The predicted molar refractivity (Wildman–Crippen MR) is 122 cm³/mol. The van der Waals surface area contributed by atoms with Gasteiger partial charge in [0.25, 0.3) is 0 Å². The Morgan fingerprint density at radius 2 is 1.97 bits per heavy atom. The third-order valence-corrected chi connectivity index (χ3v) is 5.21. The molecule has 0 saturated carbocycles. The Balaban J connectivity index is 1.56. The van der Waals surface area contributed by atoms with Crippen LogP contribution in [0.1, 0.15) is 38.4 Å². The Morgan fingerprint density at radius 1 is 1.16 bits per heavy atom. The van der Waals surface area contributed by atoms with Crippen molar-refractivity contribution in [3.05, 3.63) is 65.6 Å². The van der Waals surface area contributed by atoms with Crippen molar-refractivity contribution < 1.29 is 14.0 Å². The molecular weight excluding hydrogens is 393 g/mol. The van der Waals surface area contributed by atoms with Gasteiger partial charge < -0.3 is 15.2 Å². The molecule has 0 fully saturated rings. The molecule has 0 aliphatic carbocycles. The molecule has 0 unspecified atom stereocenters. The molecule has 0 saturated heterocycles. The van der Waals surface area contributed by atoms with Crippen molar-refractivity contribution in [2.75, 3.05) is 10.6 Å². The lowest BCUT2D eigenvalue weighted by Crippen LogP contribution is -2.19. The molecule has 5 nitrogen and oxygen atoms in total. The first-order valence-electron chi connectivity index (χ1n) is 10.4. The van der Waals surface area contributed by atoms with Crippen molar-refractivity contribution in [3.63, 3.8) is 0 Å². The monoisotopic (exact) mass is 419 g/mol. The van der Waals surface area contributed by atoms with E-state index in [-0.39, 0.29) is 23.0 Å². The standard InChI is InChI=1S/C25H26FN3O2/c1-25(2,3)15-29-20(13-17-12-18(26)6-9-22(17)29)8-11-23(30)27-19-7-4-16-5-10-24(31)28-21(16)14-19/h4,6-9,11-14H,5,10,15H2,1-3H3,(H,27,30)(H,28,31)/b11-8+. The van der Waals surface area contributed by atoms with Gasteiger partial charge in [-0.05, 0) is 59.9 Å². The largest absolute Gasteiger partial charge is 0.340 e. The average molecular weight is 420 g/mol. The number of nitrogens with zero attached hydrogens (tertiary/aromatic N) is 1. The van der Waals surface area contributed by atoms with E-state index in [9.17, 15) is 14.0 Å². The molecule has 1 aromatic heterocycles. The van der Waals surface area contributed by atoms with Crippen LogP contribution in [0.5, 0.6) is 0 Å². The number of rotatable bonds is 4. The van der Waals surface area contributed by atoms with Crippen molar-refractivity contribution >= 4 is 40.2 Å². The number of aryl methyl sites for hydroxylation is 1. The van der Waals surface area contributed by atoms with E-state index in [0.29, 0.717) is 18.5 Å². The minimum absolute atomic E-state index is 0.0126. The fourth-order valence-corrected chi connectivity index (χ4v) is 3.85. The molecule has 6 heteroatoms. The number of amides is 2. The number of anilines is 2. The summed E-state index contributed by atoms with van der Waals surface area (Å²) in [5.74, 6) is -0.576. The van der Waals surface area contributed by atoms with E-state index in [1.54, 1.807) is 18.2 Å². The van der Waals surface area contributed by atoms with E-state index in [1.165, 1.54) is 18.2 Å². The highest BCUT2D eigenvalue weighted by molar-refractivity contribution is 6.03. The highest BCUT2D eigenvalue weighted by atomic mass is 19.1. The number of fused-ring (bicyclic) bond motifs is 2. The van der Waals surface area contributed by atoms with Crippen molar-refractivity contribution in [1.82, 2.24) is 4.57 Å². The Labute approximate surface area is 180 Å². The zero-order valence-electron chi connectivity index (χ0n) is 18.0. The van der Waals surface area contributed by atoms with Crippen molar-refractivity contribution in [3.8, 4) is 0 Å². The van der Waals surface area contributed by atoms with Gasteiger partial charge in [-0.2, -0.15) is 0 Å². The number of hydrogen-bond donors (Lipinski definition) is 2. The molecule has 1 aliphatic heterocycles. The van der Waals surface area contributed by atoms with Crippen LogP contribution in [0.15, 0.2) is 48.5 Å². The van der Waals surface area contributed by atoms with Crippen molar-refractivity contribution in [1.29, 1.82) is 0 Å². The smallest absolute Gasteiger partial charge is 0.248 e. The second kappa shape index (κ2) is 8.02. The van der Waals surface area contributed by atoms with Crippen LogP contribution in [0.2, 0.25) is 0 Å². The average Bonchev–Trinajstić information content (AvgIpc) is 3.01. The van der Waals surface area contributed by atoms with Crippen LogP contribution >= 0.6 is 0 Å². The van der Waals surface area contributed by atoms with E-state index in [4.69, 9.17) is 0 Å². The molecule has 0 spiro atoms. The number of benzene rings is 2. The van der Waals surface area contributed by atoms with Gasteiger partial charge in [0.1, 0.15) is 5.82 Å². The van der Waals surface area contributed by atoms with Crippen LogP contribution < -0.4 is 10.6 Å². The molecule has 0 atom stereocenters. The summed E-state index contributed by atoms with van der Waals surface area (Å²) < 4.78 is 15.8. The molecule has 4 rings (SSSR count). The molecule has 0 radical (unpaired) electrons. The van der Waals surface area contributed by atoms with Gasteiger partial charge in [0.2, 0.25) is 11.8 Å². The summed E-state index contributed by atoms with van der Waals surface area (Å²) in [6.07, 6.45) is 4.41. The number of hydrogen-bond acceptors (Lipinski definition) is 2. The maximum absolute atomic E-state index is 13.7. The van der Waals surface area contributed by atoms with E-state index >= 15 is 0 Å². The molecule has 2 aromatic carbocycles. The second-order valence-electron chi connectivity index (χ2n) is 9.16. The van der Waals surface area contributed by atoms with E-state index in [2.05, 4.69) is 36.0 Å². The summed E-state index contributed by atoms with van der Waals surface area (Å²) >= 11 is 0. The number of carbonyl (C=O) groups excluding carboxylic acids is 2. The Morgan fingerprint density at radius 3 is 2.74 bits per heavy atom. The van der Waals surface area contributed by atoms with Crippen molar-refractivity contribution in [2.24, 2.45) is 5.41 Å². The second-order valence-corrected chi connectivity index (χ2v) is 9.16. The maximum Gasteiger partial charge on any atom is 0.248 e. The lowest BCUT2D eigenvalue weighted by molar-refractivity contribution is -0.116. The van der Waals surface area contributed by atoms with E-state index in [0.717, 1.165) is 34.4 Å². The van der Waals surface area contributed by atoms with Crippen LogP contribution in [0, 0.1) is 11.2 Å². The summed E-state index contributed by atoms with van der Waals surface area (Å²) in [6, 6.07) is 12.2. The SMILES string of the molecule is CC(C)(C)Cn1c(/C=C/C(=O)Nc2ccc3c(c2)NC(=O)CC3)cc2cc(F)ccc21. The lowest BCUT2D eigenvalue weighted by atomic mass is 9.96. The van der Waals surface area contributed by atoms with E-state index < -0.39 is 0 Å². The highest BCUT2D eigenvalue weighted by Gasteiger charge is 2.17. The third kappa shape index (κ3) is 4.85. The summed E-state index contributed by atoms with van der Waals surface area (Å²) in [4.78, 5) is 24.1. The Hall–Kier alpha value is -3.41. The number of aromatic nitrogens is 1. The van der Waals surface area contributed by atoms with Crippen molar-refractivity contribution in [2.45, 2.75) is 40.2 Å². The summed E-state index contributed by atoms with van der Waals surface area (Å²) in [7, 11) is 0. The number of nitrogens with one attached hydrogen (secondary N) is 2. The fourth-order valence-electron chi connectivity index (χ4n) is 3.85. The van der Waals surface area contributed by atoms with Gasteiger partial charge >= 0.3 is 0 Å². The summed E-state index contributed by atoms with van der Waals surface area (Å²) in [5, 5.41) is 6.48. The Bertz CT molecular complexity index is 1200. The zero-order chi connectivity index (χ0) is 22.2. The van der Waals surface area contributed by atoms with Gasteiger partial charge in [0, 0.05) is 47.0 Å². The quantitative estimate of drug-likeness (QED) is 0.559. The number of carbonyl (C=O) groups is 2. The van der Waals surface area contributed by atoms with Gasteiger partial charge in [-0.15, -0.1) is 0 Å². The van der Waals surface area contributed by atoms with Crippen LogP contribution in [0.4, 0.5) is 15.8 Å². The van der Waals surface area contributed by atoms with Crippen LogP contribution in [-0.2, 0) is 22.6 Å². The van der Waals surface area contributed by atoms with Crippen LogP contribution in [0.3, 0.4) is 0 Å². The molecule has 2 heterocycles. The fraction of sp³-hybridized carbons (Fsp3) is 0.280. The zero-order valence-corrected chi connectivity index (χ0v) is 18.0. The molecule has 160 valence electrons. The molecule has 1 aliphatic rings. The van der Waals surface area contributed by atoms with Gasteiger partial charge in [0.15, 0.2) is 0 Å². The van der Waals surface area contributed by atoms with E-state index in [1.807, 2.05) is 18.2 Å². The van der Waals surface area contributed by atoms with Crippen LogP contribution in [-0.4, -0.2) is 16.4 Å². The summed E-state index contributed by atoms with van der Waals surface area (Å²) in [5.41, 5.74) is 4.20. The normalized spacial score (nSPS) is 14.0. The van der Waals surface area contributed by atoms with Gasteiger partial charge in [-0.3, -0.25) is 9.59 Å². The predicted octanol–water partition coefficient (Wildman–Crippen LogP) is 5.36. The third-order valence-electron chi connectivity index (χ3n) is 5.21. The van der Waals surface area contributed by atoms with Gasteiger partial charge in [-0.1, -0.05) is 26.8 Å². The number of halogens is 1. The topological polar surface area (TPSA) is 63.1 Å². The molecule has 0 bridgehead atoms. The van der Waals surface area contributed by atoms with Gasteiger partial charge in [-0.25, -0.2) is 4.39 Å². The molecule has 2 N–H and O–H groups in total. The van der Waals surface area contributed by atoms with Gasteiger partial charge in [0.05, 0.1) is 0 Å². The molecule has 3 aromatic rings. The first kappa shape index (κ1) is 20.8. The first-order chi connectivity index (χ1) is 14.7. The highest BCUT2D eigenvalue weighted by Crippen LogP contribution is 2.28. The minimum atomic E-state index is -0.284. The van der Waals surface area contributed by atoms with Crippen LogP contribution in [0.25, 0.3) is 17.0 Å². The molecule has 31 heavy (non-hydrogen) atoms. The first-order valence-corrected chi connectivity index (χ1v) is 10.4.